The topological polar surface area (TPSA) is 82.5 Å². The molecule has 0 aliphatic rings. The SMILES string of the molecule is Cc1ccc(C(Oc2cccc(S(C)(=O)=O)c2)C(C)N)o1. The fourth-order valence-electron chi connectivity index (χ4n) is 1.96. The largest absolute Gasteiger partial charge is 0.481 e. The van der Waals surface area contributed by atoms with Crippen molar-refractivity contribution in [3.05, 3.63) is 47.9 Å². The molecule has 2 atom stereocenters. The molecule has 0 bridgehead atoms. The molecule has 0 aliphatic carbocycles. The number of rotatable bonds is 5. The molecule has 0 fully saturated rings. The fraction of sp³-hybridized carbons (Fsp3) is 0.333. The number of furan rings is 1. The van der Waals surface area contributed by atoms with Crippen molar-refractivity contribution in [1.29, 1.82) is 0 Å². The lowest BCUT2D eigenvalue weighted by molar-refractivity contribution is 0.151. The normalized spacial score (nSPS) is 14.7. The lowest BCUT2D eigenvalue weighted by Gasteiger charge is -2.20. The van der Waals surface area contributed by atoms with Gasteiger partial charge in [0.05, 0.1) is 4.90 Å². The summed E-state index contributed by atoms with van der Waals surface area (Å²) in [5.41, 5.74) is 5.95. The third-order valence-electron chi connectivity index (χ3n) is 3.02. The molecule has 2 aromatic rings. The molecule has 0 spiro atoms. The molecule has 0 amide bonds. The summed E-state index contributed by atoms with van der Waals surface area (Å²) in [5, 5.41) is 0. The quantitative estimate of drug-likeness (QED) is 0.917. The van der Waals surface area contributed by atoms with Gasteiger partial charge in [0, 0.05) is 12.3 Å². The zero-order chi connectivity index (χ0) is 15.6. The van der Waals surface area contributed by atoms with Crippen molar-refractivity contribution in [2.45, 2.75) is 30.9 Å². The summed E-state index contributed by atoms with van der Waals surface area (Å²) in [4.78, 5) is 0.207. The number of benzene rings is 1. The van der Waals surface area contributed by atoms with E-state index in [1.807, 2.05) is 26.0 Å². The van der Waals surface area contributed by atoms with E-state index in [9.17, 15) is 8.42 Å². The van der Waals surface area contributed by atoms with Crippen LogP contribution in [-0.2, 0) is 9.84 Å². The number of nitrogens with two attached hydrogens (primary N) is 1. The van der Waals surface area contributed by atoms with Crippen LogP contribution < -0.4 is 10.5 Å². The second kappa shape index (κ2) is 5.91. The lowest BCUT2D eigenvalue weighted by Crippen LogP contribution is -2.28. The van der Waals surface area contributed by atoms with E-state index in [2.05, 4.69) is 0 Å². The lowest BCUT2D eigenvalue weighted by atomic mass is 10.1. The van der Waals surface area contributed by atoms with E-state index < -0.39 is 15.9 Å². The van der Waals surface area contributed by atoms with Crippen LogP contribution in [0.1, 0.15) is 24.5 Å². The van der Waals surface area contributed by atoms with Gasteiger partial charge in [-0.1, -0.05) is 6.07 Å². The first-order valence-corrected chi connectivity index (χ1v) is 8.45. The Kier molecular flexibility index (Phi) is 4.39. The van der Waals surface area contributed by atoms with E-state index in [-0.39, 0.29) is 10.9 Å². The molecular weight excluding hydrogens is 290 g/mol. The van der Waals surface area contributed by atoms with Gasteiger partial charge in [-0.25, -0.2) is 8.42 Å². The van der Waals surface area contributed by atoms with Gasteiger partial charge in [0.2, 0.25) is 0 Å². The molecule has 5 nitrogen and oxygen atoms in total. The van der Waals surface area contributed by atoms with Gasteiger partial charge < -0.3 is 14.9 Å². The molecule has 0 aliphatic heterocycles. The van der Waals surface area contributed by atoms with E-state index in [4.69, 9.17) is 14.9 Å². The zero-order valence-electron chi connectivity index (χ0n) is 12.2. The molecule has 1 aromatic heterocycles. The van der Waals surface area contributed by atoms with Gasteiger partial charge in [0.1, 0.15) is 17.3 Å². The Bertz CT molecular complexity index is 719. The molecule has 6 heteroatoms. The number of aryl methyl sites for hydroxylation is 1. The highest BCUT2D eigenvalue weighted by Gasteiger charge is 2.22. The second-order valence-corrected chi connectivity index (χ2v) is 7.11. The van der Waals surface area contributed by atoms with Crippen molar-refractivity contribution < 1.29 is 17.6 Å². The van der Waals surface area contributed by atoms with Crippen LogP contribution in [0.5, 0.6) is 5.75 Å². The molecule has 114 valence electrons. The van der Waals surface area contributed by atoms with Gasteiger partial charge in [-0.2, -0.15) is 0 Å². The molecule has 0 radical (unpaired) electrons. The summed E-state index contributed by atoms with van der Waals surface area (Å²) in [7, 11) is -3.28. The van der Waals surface area contributed by atoms with Crippen LogP contribution in [0.25, 0.3) is 0 Å². The maximum atomic E-state index is 11.6. The molecule has 2 N–H and O–H groups in total. The Morgan fingerprint density at radius 3 is 2.48 bits per heavy atom. The average Bonchev–Trinajstić information content (AvgIpc) is 2.81. The van der Waals surface area contributed by atoms with Gasteiger partial charge in [-0.3, -0.25) is 0 Å². The predicted molar refractivity (Wildman–Crippen MR) is 80.0 cm³/mol. The Morgan fingerprint density at radius 2 is 1.95 bits per heavy atom. The standard InChI is InChI=1S/C15H19NO4S/c1-10-7-8-14(19-10)15(11(2)16)20-12-5-4-6-13(9-12)21(3,17)18/h4-9,11,15H,16H2,1-3H3. The molecular formula is C15H19NO4S. The van der Waals surface area contributed by atoms with E-state index >= 15 is 0 Å². The highest BCUT2D eigenvalue weighted by atomic mass is 32.2. The highest BCUT2D eigenvalue weighted by Crippen LogP contribution is 2.27. The summed E-state index contributed by atoms with van der Waals surface area (Å²) in [6, 6.07) is 9.68. The molecule has 1 heterocycles. The van der Waals surface area contributed by atoms with Gasteiger partial charge in [0.15, 0.2) is 15.9 Å². The Balaban J connectivity index is 2.30. The fourth-order valence-corrected chi connectivity index (χ4v) is 2.61. The second-order valence-electron chi connectivity index (χ2n) is 5.09. The van der Waals surface area contributed by atoms with Crippen LogP contribution in [0.2, 0.25) is 0 Å². The Hall–Kier alpha value is -1.79. The first kappa shape index (κ1) is 15.6. The van der Waals surface area contributed by atoms with Crippen molar-refractivity contribution in [2.24, 2.45) is 5.73 Å². The highest BCUT2D eigenvalue weighted by molar-refractivity contribution is 7.90. The van der Waals surface area contributed by atoms with Crippen LogP contribution in [0.15, 0.2) is 45.7 Å². The minimum atomic E-state index is -3.28. The molecule has 1 aromatic carbocycles. The first-order valence-electron chi connectivity index (χ1n) is 6.56. The van der Waals surface area contributed by atoms with Gasteiger partial charge in [-0.05, 0) is 44.2 Å². The van der Waals surface area contributed by atoms with Gasteiger partial charge in [0.25, 0.3) is 0 Å². The predicted octanol–water partition coefficient (Wildman–Crippen LogP) is 2.46. The van der Waals surface area contributed by atoms with Crippen LogP contribution >= 0.6 is 0 Å². The first-order chi connectivity index (χ1) is 9.77. The minimum absolute atomic E-state index is 0.207. The number of hydrogen-bond acceptors (Lipinski definition) is 5. The van der Waals surface area contributed by atoms with Crippen molar-refractivity contribution >= 4 is 9.84 Å². The number of ether oxygens (including phenoxy) is 1. The van der Waals surface area contributed by atoms with E-state index in [1.165, 1.54) is 12.1 Å². The molecule has 21 heavy (non-hydrogen) atoms. The maximum Gasteiger partial charge on any atom is 0.175 e. The van der Waals surface area contributed by atoms with Crippen molar-refractivity contribution in [3.8, 4) is 5.75 Å². The van der Waals surface area contributed by atoms with Gasteiger partial charge >= 0.3 is 0 Å². The summed E-state index contributed by atoms with van der Waals surface area (Å²) in [5.74, 6) is 1.82. The van der Waals surface area contributed by atoms with Crippen molar-refractivity contribution in [2.75, 3.05) is 6.26 Å². The Labute approximate surface area is 124 Å². The van der Waals surface area contributed by atoms with Crippen LogP contribution in [0, 0.1) is 6.92 Å². The summed E-state index contributed by atoms with van der Waals surface area (Å²) in [6.45, 7) is 3.65. The number of hydrogen-bond donors (Lipinski definition) is 1. The molecule has 2 rings (SSSR count). The maximum absolute atomic E-state index is 11.6. The monoisotopic (exact) mass is 309 g/mol. The third kappa shape index (κ3) is 3.86. The van der Waals surface area contributed by atoms with Crippen molar-refractivity contribution in [1.82, 2.24) is 0 Å². The van der Waals surface area contributed by atoms with Crippen LogP contribution in [0.4, 0.5) is 0 Å². The smallest absolute Gasteiger partial charge is 0.175 e. The zero-order valence-corrected chi connectivity index (χ0v) is 13.1. The Morgan fingerprint density at radius 1 is 1.24 bits per heavy atom. The minimum Gasteiger partial charge on any atom is -0.481 e. The molecule has 0 saturated heterocycles. The summed E-state index contributed by atoms with van der Waals surface area (Å²) in [6.07, 6.45) is 0.680. The molecule has 2 unspecified atom stereocenters. The third-order valence-corrected chi connectivity index (χ3v) is 4.13. The van der Waals surface area contributed by atoms with Crippen LogP contribution in [0.3, 0.4) is 0 Å². The number of sulfone groups is 1. The average molecular weight is 309 g/mol. The van der Waals surface area contributed by atoms with E-state index in [0.29, 0.717) is 11.5 Å². The summed E-state index contributed by atoms with van der Waals surface area (Å²) < 4.78 is 34.5. The van der Waals surface area contributed by atoms with Crippen molar-refractivity contribution in [3.63, 3.8) is 0 Å². The van der Waals surface area contributed by atoms with Crippen LogP contribution in [-0.4, -0.2) is 20.7 Å². The van der Waals surface area contributed by atoms with E-state index in [0.717, 1.165) is 12.0 Å². The summed E-state index contributed by atoms with van der Waals surface area (Å²) >= 11 is 0. The van der Waals surface area contributed by atoms with Gasteiger partial charge in [-0.15, -0.1) is 0 Å². The van der Waals surface area contributed by atoms with E-state index in [1.54, 1.807) is 12.1 Å². The molecule has 0 saturated carbocycles.